The molecule has 5 heteroatoms. The van der Waals surface area contributed by atoms with Crippen molar-refractivity contribution in [1.29, 1.82) is 0 Å². The zero-order chi connectivity index (χ0) is 12.7. The van der Waals surface area contributed by atoms with Crippen LogP contribution in [0.1, 0.15) is 12.5 Å². The molecule has 0 saturated heterocycles. The summed E-state index contributed by atoms with van der Waals surface area (Å²) in [4.78, 5) is 0. The van der Waals surface area contributed by atoms with Crippen molar-refractivity contribution in [2.24, 2.45) is 5.92 Å². The first-order chi connectivity index (χ1) is 8.11. The Balaban J connectivity index is 2.35. The van der Waals surface area contributed by atoms with Gasteiger partial charge in [0.15, 0.2) is 0 Å². The summed E-state index contributed by atoms with van der Waals surface area (Å²) >= 11 is 0. The summed E-state index contributed by atoms with van der Waals surface area (Å²) in [5.41, 5.74) is 0.983. The van der Waals surface area contributed by atoms with Gasteiger partial charge in [-0.3, -0.25) is 0 Å². The third-order valence-electron chi connectivity index (χ3n) is 2.28. The van der Waals surface area contributed by atoms with Crippen LogP contribution in [0.4, 0.5) is 8.78 Å². The van der Waals surface area contributed by atoms with E-state index in [0.29, 0.717) is 13.1 Å². The van der Waals surface area contributed by atoms with Gasteiger partial charge in [-0.25, -0.2) is 0 Å². The van der Waals surface area contributed by atoms with Crippen molar-refractivity contribution in [3.8, 4) is 5.75 Å². The molecule has 0 bridgehead atoms. The van der Waals surface area contributed by atoms with Crippen LogP contribution in [0.15, 0.2) is 24.3 Å². The summed E-state index contributed by atoms with van der Waals surface area (Å²) in [6.07, 6.45) is 0. The van der Waals surface area contributed by atoms with Crippen molar-refractivity contribution < 1.29 is 18.6 Å². The SMILES string of the molecule is CC(CO)CNCc1ccc(OC(F)F)cc1. The van der Waals surface area contributed by atoms with Crippen LogP contribution in [-0.4, -0.2) is 24.9 Å². The molecule has 0 aliphatic rings. The van der Waals surface area contributed by atoms with E-state index in [0.717, 1.165) is 5.56 Å². The third-order valence-corrected chi connectivity index (χ3v) is 2.28. The van der Waals surface area contributed by atoms with E-state index in [1.807, 2.05) is 6.92 Å². The molecule has 0 aliphatic heterocycles. The Morgan fingerprint density at radius 2 is 1.94 bits per heavy atom. The molecule has 17 heavy (non-hydrogen) atoms. The highest BCUT2D eigenvalue weighted by atomic mass is 19.3. The Morgan fingerprint density at radius 1 is 1.29 bits per heavy atom. The number of nitrogens with one attached hydrogen (secondary N) is 1. The monoisotopic (exact) mass is 245 g/mol. The van der Waals surface area contributed by atoms with Crippen molar-refractivity contribution in [3.05, 3.63) is 29.8 Å². The van der Waals surface area contributed by atoms with Crippen LogP contribution < -0.4 is 10.1 Å². The van der Waals surface area contributed by atoms with Crippen molar-refractivity contribution >= 4 is 0 Å². The van der Waals surface area contributed by atoms with Gasteiger partial charge < -0.3 is 15.2 Å². The number of benzene rings is 1. The first-order valence-corrected chi connectivity index (χ1v) is 5.47. The van der Waals surface area contributed by atoms with E-state index in [-0.39, 0.29) is 18.3 Å². The molecule has 2 N–H and O–H groups in total. The van der Waals surface area contributed by atoms with Gasteiger partial charge in [-0.15, -0.1) is 0 Å². The number of aliphatic hydroxyl groups excluding tert-OH is 1. The zero-order valence-electron chi connectivity index (χ0n) is 9.70. The first kappa shape index (κ1) is 13.9. The fourth-order valence-corrected chi connectivity index (χ4v) is 1.32. The fourth-order valence-electron chi connectivity index (χ4n) is 1.32. The number of halogens is 2. The molecule has 1 aromatic rings. The van der Waals surface area contributed by atoms with E-state index in [1.54, 1.807) is 12.1 Å². The molecule has 1 unspecified atom stereocenters. The lowest BCUT2D eigenvalue weighted by molar-refractivity contribution is -0.0498. The highest BCUT2D eigenvalue weighted by molar-refractivity contribution is 5.27. The minimum absolute atomic E-state index is 0.147. The smallest absolute Gasteiger partial charge is 0.387 e. The summed E-state index contributed by atoms with van der Waals surface area (Å²) < 4.78 is 28.0. The maximum Gasteiger partial charge on any atom is 0.387 e. The highest BCUT2D eigenvalue weighted by Gasteiger charge is 2.04. The highest BCUT2D eigenvalue weighted by Crippen LogP contribution is 2.14. The van der Waals surface area contributed by atoms with Gasteiger partial charge in [0.05, 0.1) is 0 Å². The lowest BCUT2D eigenvalue weighted by atomic mass is 10.2. The number of hydrogen-bond acceptors (Lipinski definition) is 3. The molecule has 96 valence electrons. The third kappa shape index (κ3) is 5.60. The summed E-state index contributed by atoms with van der Waals surface area (Å²) in [7, 11) is 0. The molecule has 0 spiro atoms. The van der Waals surface area contributed by atoms with Gasteiger partial charge in [-0.2, -0.15) is 8.78 Å². The van der Waals surface area contributed by atoms with E-state index < -0.39 is 6.61 Å². The molecular formula is C12H17F2NO2. The second-order valence-electron chi connectivity index (χ2n) is 3.94. The predicted octanol–water partition coefficient (Wildman–Crippen LogP) is 2.01. The van der Waals surface area contributed by atoms with Gasteiger partial charge in [0.25, 0.3) is 0 Å². The van der Waals surface area contributed by atoms with Gasteiger partial charge in [0.1, 0.15) is 5.75 Å². The molecule has 0 aliphatic carbocycles. The van der Waals surface area contributed by atoms with Crippen LogP contribution in [0.2, 0.25) is 0 Å². The number of ether oxygens (including phenoxy) is 1. The first-order valence-electron chi connectivity index (χ1n) is 5.47. The Bertz CT molecular complexity index is 317. The second-order valence-corrected chi connectivity index (χ2v) is 3.94. The van der Waals surface area contributed by atoms with E-state index in [4.69, 9.17) is 5.11 Å². The second kappa shape index (κ2) is 7.19. The molecule has 3 nitrogen and oxygen atoms in total. The molecule has 0 saturated carbocycles. The van der Waals surface area contributed by atoms with Gasteiger partial charge in [0, 0.05) is 19.7 Å². The average Bonchev–Trinajstić information content (AvgIpc) is 2.30. The maximum absolute atomic E-state index is 11.9. The molecule has 0 heterocycles. The Kier molecular flexibility index (Phi) is 5.86. The molecule has 1 rings (SSSR count). The summed E-state index contributed by atoms with van der Waals surface area (Å²) in [5, 5.41) is 12.0. The van der Waals surface area contributed by atoms with E-state index in [9.17, 15) is 8.78 Å². The normalized spacial score (nSPS) is 12.8. The lowest BCUT2D eigenvalue weighted by Gasteiger charge is -2.10. The number of aliphatic hydroxyl groups is 1. The van der Waals surface area contributed by atoms with Crippen LogP contribution in [0.5, 0.6) is 5.75 Å². The molecule has 1 aromatic carbocycles. The molecule has 0 fully saturated rings. The number of alkyl halides is 2. The van der Waals surface area contributed by atoms with E-state index in [1.165, 1.54) is 12.1 Å². The maximum atomic E-state index is 11.9. The van der Waals surface area contributed by atoms with Crippen LogP contribution >= 0.6 is 0 Å². The van der Waals surface area contributed by atoms with Crippen LogP contribution in [-0.2, 0) is 6.54 Å². The number of hydrogen-bond donors (Lipinski definition) is 2. The van der Waals surface area contributed by atoms with Gasteiger partial charge in [-0.05, 0) is 23.6 Å². The fraction of sp³-hybridized carbons (Fsp3) is 0.500. The summed E-state index contributed by atoms with van der Waals surface area (Å²) in [6.45, 7) is 0.649. The topological polar surface area (TPSA) is 41.5 Å². The Morgan fingerprint density at radius 3 is 2.47 bits per heavy atom. The minimum Gasteiger partial charge on any atom is -0.435 e. The molecule has 1 atom stereocenters. The molecule has 0 radical (unpaired) electrons. The minimum atomic E-state index is -2.79. The zero-order valence-corrected chi connectivity index (χ0v) is 9.70. The van der Waals surface area contributed by atoms with Crippen molar-refractivity contribution in [2.45, 2.75) is 20.1 Å². The molecule has 0 amide bonds. The predicted molar refractivity (Wildman–Crippen MR) is 61.0 cm³/mol. The summed E-state index contributed by atoms with van der Waals surface area (Å²) in [6, 6.07) is 6.49. The summed E-state index contributed by atoms with van der Waals surface area (Å²) in [5.74, 6) is 0.365. The molecule has 0 aromatic heterocycles. The standard InChI is InChI=1S/C12H17F2NO2/c1-9(8-16)6-15-7-10-2-4-11(5-3-10)17-12(13)14/h2-5,9,12,15-16H,6-8H2,1H3. The Labute approximate surface area is 99.4 Å². The van der Waals surface area contributed by atoms with E-state index in [2.05, 4.69) is 10.1 Å². The van der Waals surface area contributed by atoms with Gasteiger partial charge in [0.2, 0.25) is 0 Å². The van der Waals surface area contributed by atoms with Crippen LogP contribution in [0.25, 0.3) is 0 Å². The Hall–Kier alpha value is -1.20. The van der Waals surface area contributed by atoms with Gasteiger partial charge in [-0.1, -0.05) is 19.1 Å². The number of rotatable bonds is 7. The van der Waals surface area contributed by atoms with Crippen LogP contribution in [0.3, 0.4) is 0 Å². The molecular weight excluding hydrogens is 228 g/mol. The van der Waals surface area contributed by atoms with Crippen molar-refractivity contribution in [2.75, 3.05) is 13.2 Å². The average molecular weight is 245 g/mol. The van der Waals surface area contributed by atoms with Crippen LogP contribution in [0, 0.1) is 5.92 Å². The van der Waals surface area contributed by atoms with Crippen molar-refractivity contribution in [1.82, 2.24) is 5.32 Å². The van der Waals surface area contributed by atoms with E-state index >= 15 is 0 Å². The quantitative estimate of drug-likeness (QED) is 0.772. The van der Waals surface area contributed by atoms with Gasteiger partial charge >= 0.3 is 6.61 Å². The van der Waals surface area contributed by atoms with Crippen molar-refractivity contribution in [3.63, 3.8) is 0 Å². The lowest BCUT2D eigenvalue weighted by Crippen LogP contribution is -2.22. The largest absolute Gasteiger partial charge is 0.435 e.